The van der Waals surface area contributed by atoms with E-state index in [0.29, 0.717) is 0 Å². The molecule has 1 aliphatic heterocycles. The van der Waals surface area contributed by atoms with Crippen LogP contribution >= 0.6 is 15.9 Å². The van der Waals surface area contributed by atoms with Crippen molar-refractivity contribution in [2.45, 2.75) is 52.2 Å². The number of benzene rings is 1. The van der Waals surface area contributed by atoms with Crippen LogP contribution in [0, 0.1) is 0 Å². The zero-order chi connectivity index (χ0) is 17.7. The molecule has 1 aliphatic rings. The van der Waals surface area contributed by atoms with Crippen molar-refractivity contribution in [1.82, 2.24) is 9.80 Å². The third kappa shape index (κ3) is 5.78. The number of piperazine rings is 1. The lowest BCUT2D eigenvalue weighted by Crippen LogP contribution is -2.55. The summed E-state index contributed by atoms with van der Waals surface area (Å²) in [6, 6.07) is 8.59. The third-order valence-electron chi connectivity index (χ3n) is 4.22. The van der Waals surface area contributed by atoms with Crippen LogP contribution in [0.25, 0.3) is 0 Å². The molecule has 5 heteroatoms. The average molecular weight is 397 g/mol. The van der Waals surface area contributed by atoms with Gasteiger partial charge in [0.05, 0.1) is 0 Å². The van der Waals surface area contributed by atoms with Gasteiger partial charge in [-0.1, -0.05) is 34.1 Å². The number of aryl methyl sites for hydroxylation is 1. The van der Waals surface area contributed by atoms with Gasteiger partial charge in [-0.2, -0.15) is 0 Å². The number of ether oxygens (including phenoxy) is 1. The smallest absolute Gasteiger partial charge is 0.410 e. The normalized spacial score (nSPS) is 19.4. The van der Waals surface area contributed by atoms with Gasteiger partial charge in [-0.05, 0) is 58.7 Å². The third-order valence-corrected chi connectivity index (χ3v) is 4.99. The molecule has 4 nitrogen and oxygen atoms in total. The molecule has 24 heavy (non-hydrogen) atoms. The summed E-state index contributed by atoms with van der Waals surface area (Å²) >= 11 is 3.61. The second-order valence-electron chi connectivity index (χ2n) is 7.52. The zero-order valence-corrected chi connectivity index (χ0v) is 16.8. The monoisotopic (exact) mass is 396 g/mol. The van der Waals surface area contributed by atoms with E-state index < -0.39 is 5.60 Å². The Morgan fingerprint density at radius 3 is 2.62 bits per heavy atom. The van der Waals surface area contributed by atoms with E-state index in [1.165, 1.54) is 10.0 Å². The largest absolute Gasteiger partial charge is 0.444 e. The molecule has 0 N–H and O–H groups in total. The van der Waals surface area contributed by atoms with Crippen molar-refractivity contribution in [2.75, 3.05) is 26.2 Å². The lowest BCUT2D eigenvalue weighted by molar-refractivity contribution is 0.00142. The fourth-order valence-corrected chi connectivity index (χ4v) is 3.51. The molecule has 0 unspecified atom stereocenters. The van der Waals surface area contributed by atoms with Crippen molar-refractivity contribution >= 4 is 22.0 Å². The Kier molecular flexibility index (Phi) is 6.70. The van der Waals surface area contributed by atoms with Crippen LogP contribution in [0.2, 0.25) is 0 Å². The van der Waals surface area contributed by atoms with E-state index in [0.717, 1.165) is 39.0 Å². The Morgan fingerprint density at radius 1 is 1.29 bits per heavy atom. The van der Waals surface area contributed by atoms with E-state index in [9.17, 15) is 4.79 Å². The summed E-state index contributed by atoms with van der Waals surface area (Å²) in [7, 11) is 0. The van der Waals surface area contributed by atoms with Gasteiger partial charge in [0, 0.05) is 30.1 Å². The van der Waals surface area contributed by atoms with Crippen molar-refractivity contribution in [1.29, 1.82) is 0 Å². The van der Waals surface area contributed by atoms with Crippen LogP contribution in [-0.2, 0) is 11.2 Å². The maximum Gasteiger partial charge on any atom is 0.410 e. The van der Waals surface area contributed by atoms with E-state index in [1.54, 1.807) is 0 Å². The first kappa shape index (κ1) is 19.3. The second-order valence-corrected chi connectivity index (χ2v) is 8.37. The number of carbonyl (C=O) groups excluding carboxylic acids is 1. The molecule has 1 saturated heterocycles. The first-order valence-corrected chi connectivity index (χ1v) is 9.51. The molecular weight excluding hydrogens is 368 g/mol. The van der Waals surface area contributed by atoms with Crippen molar-refractivity contribution < 1.29 is 9.53 Å². The van der Waals surface area contributed by atoms with Gasteiger partial charge in [-0.15, -0.1) is 0 Å². The van der Waals surface area contributed by atoms with Crippen molar-refractivity contribution in [3.63, 3.8) is 0 Å². The highest BCUT2D eigenvalue weighted by atomic mass is 79.9. The molecule has 1 amide bonds. The van der Waals surface area contributed by atoms with Crippen LogP contribution in [0.15, 0.2) is 28.7 Å². The number of hydrogen-bond acceptors (Lipinski definition) is 3. The summed E-state index contributed by atoms with van der Waals surface area (Å²) in [5.74, 6) is 0. The molecule has 1 atom stereocenters. The first-order chi connectivity index (χ1) is 11.3. The Bertz CT molecular complexity index is 557. The van der Waals surface area contributed by atoms with E-state index in [2.05, 4.69) is 46.0 Å². The predicted octanol–water partition coefficient (Wildman–Crippen LogP) is 4.32. The summed E-state index contributed by atoms with van der Waals surface area (Å²) < 4.78 is 6.69. The molecule has 1 aromatic carbocycles. The van der Waals surface area contributed by atoms with Gasteiger partial charge >= 0.3 is 6.09 Å². The van der Waals surface area contributed by atoms with Gasteiger partial charge < -0.3 is 9.64 Å². The maximum atomic E-state index is 12.2. The van der Waals surface area contributed by atoms with Crippen molar-refractivity contribution in [3.8, 4) is 0 Å². The van der Waals surface area contributed by atoms with Gasteiger partial charge in [0.25, 0.3) is 0 Å². The van der Waals surface area contributed by atoms with Crippen LogP contribution in [-0.4, -0.2) is 53.7 Å². The Morgan fingerprint density at radius 2 is 2.00 bits per heavy atom. The topological polar surface area (TPSA) is 32.8 Å². The fraction of sp³-hybridized carbons (Fsp3) is 0.632. The Labute approximate surface area is 154 Å². The minimum Gasteiger partial charge on any atom is -0.444 e. The molecule has 0 saturated carbocycles. The summed E-state index contributed by atoms with van der Waals surface area (Å²) in [5.41, 5.74) is 0.926. The van der Waals surface area contributed by atoms with Gasteiger partial charge in [-0.3, -0.25) is 4.90 Å². The summed E-state index contributed by atoms with van der Waals surface area (Å²) in [4.78, 5) is 16.6. The highest BCUT2D eigenvalue weighted by Gasteiger charge is 2.30. The Hall–Kier alpha value is -1.07. The molecule has 0 aromatic heterocycles. The summed E-state index contributed by atoms with van der Waals surface area (Å²) in [6.07, 6.45) is 2.01. The highest BCUT2D eigenvalue weighted by molar-refractivity contribution is 9.10. The average Bonchev–Trinajstić information content (AvgIpc) is 2.47. The molecule has 2 rings (SSSR count). The predicted molar refractivity (Wildman–Crippen MR) is 101 cm³/mol. The zero-order valence-electron chi connectivity index (χ0n) is 15.2. The molecule has 134 valence electrons. The standard InChI is InChI=1S/C19H29BrN2O2/c1-15-14-21(11-7-9-16-8-5-6-10-17(16)20)12-13-22(15)18(23)24-19(2,3)4/h5-6,8,10,15H,7,9,11-14H2,1-4H3/t15-/m0/s1. The number of nitrogens with zero attached hydrogens (tertiary/aromatic N) is 2. The van der Waals surface area contributed by atoms with Gasteiger partial charge in [0.15, 0.2) is 0 Å². The molecule has 0 aliphatic carbocycles. The Balaban J connectivity index is 1.77. The highest BCUT2D eigenvalue weighted by Crippen LogP contribution is 2.19. The number of carbonyl (C=O) groups is 1. The molecule has 1 heterocycles. The molecule has 0 radical (unpaired) electrons. The summed E-state index contributed by atoms with van der Waals surface area (Å²) in [6.45, 7) is 11.5. The first-order valence-electron chi connectivity index (χ1n) is 8.71. The van der Waals surface area contributed by atoms with Crippen LogP contribution in [0.3, 0.4) is 0 Å². The maximum absolute atomic E-state index is 12.2. The quantitative estimate of drug-likeness (QED) is 0.759. The van der Waals surface area contributed by atoms with E-state index >= 15 is 0 Å². The molecule has 1 aromatic rings. The van der Waals surface area contributed by atoms with E-state index in [-0.39, 0.29) is 12.1 Å². The lowest BCUT2D eigenvalue weighted by atomic mass is 10.1. The molecule has 1 fully saturated rings. The summed E-state index contributed by atoms with van der Waals surface area (Å²) in [5, 5.41) is 0. The van der Waals surface area contributed by atoms with Crippen LogP contribution in [0.4, 0.5) is 4.79 Å². The lowest BCUT2D eigenvalue weighted by Gasteiger charge is -2.40. The molecule has 0 spiro atoms. The second kappa shape index (κ2) is 8.34. The number of rotatable bonds is 4. The minimum absolute atomic E-state index is 0.192. The van der Waals surface area contributed by atoms with E-state index in [4.69, 9.17) is 4.74 Å². The van der Waals surface area contributed by atoms with Crippen molar-refractivity contribution in [2.24, 2.45) is 0 Å². The van der Waals surface area contributed by atoms with Gasteiger partial charge in [0.1, 0.15) is 5.60 Å². The number of hydrogen-bond donors (Lipinski definition) is 0. The van der Waals surface area contributed by atoms with Gasteiger partial charge in [-0.25, -0.2) is 4.79 Å². The van der Waals surface area contributed by atoms with E-state index in [1.807, 2.05) is 31.7 Å². The van der Waals surface area contributed by atoms with Crippen LogP contribution in [0.1, 0.15) is 39.7 Å². The molecular formula is C19H29BrN2O2. The molecule has 0 bridgehead atoms. The van der Waals surface area contributed by atoms with Crippen molar-refractivity contribution in [3.05, 3.63) is 34.3 Å². The fourth-order valence-electron chi connectivity index (χ4n) is 3.02. The number of halogens is 1. The minimum atomic E-state index is -0.434. The van der Waals surface area contributed by atoms with Crippen LogP contribution in [0.5, 0.6) is 0 Å². The number of amides is 1. The van der Waals surface area contributed by atoms with Crippen LogP contribution < -0.4 is 0 Å². The van der Waals surface area contributed by atoms with Gasteiger partial charge in [0.2, 0.25) is 0 Å². The SMILES string of the molecule is C[C@H]1CN(CCCc2ccccc2Br)CCN1C(=O)OC(C)(C)C.